The van der Waals surface area contributed by atoms with Crippen molar-refractivity contribution in [2.75, 3.05) is 0 Å². The van der Waals surface area contributed by atoms with Gasteiger partial charge in [-0.25, -0.2) is 0 Å². The summed E-state index contributed by atoms with van der Waals surface area (Å²) in [6.45, 7) is 0. The molecule has 1 unspecified atom stereocenters. The molecule has 0 saturated heterocycles. The Morgan fingerprint density at radius 1 is 1.29 bits per heavy atom. The molecule has 14 heavy (non-hydrogen) atoms. The molecule has 1 saturated carbocycles. The Balaban J connectivity index is 2.15. The van der Waals surface area contributed by atoms with Gasteiger partial charge in [-0.3, -0.25) is 0 Å². The van der Waals surface area contributed by atoms with E-state index in [1.165, 1.54) is 29.3 Å². The summed E-state index contributed by atoms with van der Waals surface area (Å²) < 4.78 is 2.35. The van der Waals surface area contributed by atoms with Crippen molar-refractivity contribution in [2.45, 2.75) is 24.1 Å². The average Bonchev–Trinajstić information content (AvgIpc) is 2.93. The molecule has 1 aliphatic rings. The molecule has 1 aliphatic carbocycles. The molecule has 1 aromatic rings. The summed E-state index contributed by atoms with van der Waals surface area (Å²) in [4.78, 5) is 0.488. The number of alkyl halides is 1. The van der Waals surface area contributed by atoms with Crippen molar-refractivity contribution in [2.24, 2.45) is 5.92 Å². The van der Waals surface area contributed by atoms with Crippen molar-refractivity contribution in [1.82, 2.24) is 0 Å². The van der Waals surface area contributed by atoms with Crippen LogP contribution in [0.25, 0.3) is 0 Å². The fourth-order valence-electron chi connectivity index (χ4n) is 1.53. The number of hydrogen-bond acceptors (Lipinski definition) is 0. The third kappa shape index (κ3) is 2.83. The van der Waals surface area contributed by atoms with Crippen molar-refractivity contribution >= 4 is 47.8 Å². The zero-order valence-electron chi connectivity index (χ0n) is 7.64. The minimum atomic E-state index is 0.488. The highest BCUT2D eigenvalue weighted by Crippen LogP contribution is 2.43. The van der Waals surface area contributed by atoms with Crippen LogP contribution in [0.5, 0.6) is 0 Å². The molecule has 0 aliphatic heterocycles. The Morgan fingerprint density at radius 3 is 2.64 bits per heavy atom. The summed E-state index contributed by atoms with van der Waals surface area (Å²) in [7, 11) is 0. The molecular weight excluding hydrogens is 372 g/mol. The van der Waals surface area contributed by atoms with Crippen molar-refractivity contribution in [3.05, 3.63) is 32.7 Å². The molecule has 0 amide bonds. The molecule has 76 valence electrons. The largest absolute Gasteiger partial charge is 0.0838 e. The van der Waals surface area contributed by atoms with Crippen LogP contribution in [0.2, 0.25) is 0 Å². The van der Waals surface area contributed by atoms with Gasteiger partial charge in [0.15, 0.2) is 0 Å². The monoisotopic (exact) mass is 380 g/mol. The molecule has 1 fully saturated rings. The number of hydrogen-bond donors (Lipinski definition) is 0. The van der Waals surface area contributed by atoms with Crippen LogP contribution in [0.4, 0.5) is 0 Å². The Kier molecular flexibility index (Phi) is 3.72. The second-order valence-corrected chi connectivity index (χ2v) is 6.69. The van der Waals surface area contributed by atoms with Crippen LogP contribution in [-0.2, 0) is 0 Å². The molecule has 0 radical (unpaired) electrons. The lowest BCUT2D eigenvalue weighted by Crippen LogP contribution is -1.92. The lowest BCUT2D eigenvalue weighted by molar-refractivity contribution is 0.719. The zero-order valence-corrected chi connectivity index (χ0v) is 12.4. The van der Waals surface area contributed by atoms with Crippen LogP contribution in [0, 0.1) is 5.92 Å². The maximum absolute atomic E-state index is 3.76. The fourth-order valence-corrected chi connectivity index (χ4v) is 3.64. The van der Waals surface area contributed by atoms with Crippen molar-refractivity contribution < 1.29 is 0 Å². The first-order chi connectivity index (χ1) is 6.66. The minimum absolute atomic E-state index is 0.488. The van der Waals surface area contributed by atoms with Crippen LogP contribution in [0.3, 0.4) is 0 Å². The van der Waals surface area contributed by atoms with Crippen molar-refractivity contribution in [3.63, 3.8) is 0 Å². The van der Waals surface area contributed by atoms with Gasteiger partial charge in [0.25, 0.3) is 0 Å². The van der Waals surface area contributed by atoms with Gasteiger partial charge in [-0.05, 0) is 36.1 Å². The maximum atomic E-state index is 3.76. The van der Waals surface area contributed by atoms with Gasteiger partial charge in [-0.1, -0.05) is 60.6 Å². The van der Waals surface area contributed by atoms with Crippen molar-refractivity contribution in [1.29, 1.82) is 0 Å². The third-order valence-corrected chi connectivity index (χ3v) is 4.62. The maximum Gasteiger partial charge on any atom is 0.0409 e. The molecular formula is C11H11Br3. The van der Waals surface area contributed by atoms with E-state index in [-0.39, 0.29) is 0 Å². The highest BCUT2D eigenvalue weighted by atomic mass is 79.9. The van der Waals surface area contributed by atoms with E-state index in [0.717, 1.165) is 10.4 Å². The van der Waals surface area contributed by atoms with E-state index < -0.39 is 0 Å². The standard InChI is InChI=1S/C11H11Br3/c12-8-3-4-10(13)9(6-8)11(14)5-7-1-2-7/h3-4,6-7,11H,1-2,5H2. The third-order valence-electron chi connectivity index (χ3n) is 2.53. The van der Waals surface area contributed by atoms with E-state index >= 15 is 0 Å². The van der Waals surface area contributed by atoms with Gasteiger partial charge in [0, 0.05) is 13.8 Å². The van der Waals surface area contributed by atoms with Gasteiger partial charge < -0.3 is 0 Å². The summed E-state index contributed by atoms with van der Waals surface area (Å²) in [5.41, 5.74) is 1.35. The highest BCUT2D eigenvalue weighted by molar-refractivity contribution is 9.11. The predicted octanol–water partition coefficient (Wildman–Crippen LogP) is 5.45. The van der Waals surface area contributed by atoms with Gasteiger partial charge >= 0.3 is 0 Å². The molecule has 0 bridgehead atoms. The minimum Gasteiger partial charge on any atom is -0.0838 e. The van der Waals surface area contributed by atoms with Crippen LogP contribution < -0.4 is 0 Å². The molecule has 0 aromatic heterocycles. The van der Waals surface area contributed by atoms with Gasteiger partial charge in [0.1, 0.15) is 0 Å². The number of rotatable bonds is 3. The second-order valence-electron chi connectivity index (χ2n) is 3.81. The molecule has 1 aromatic carbocycles. The zero-order chi connectivity index (χ0) is 10.1. The van der Waals surface area contributed by atoms with E-state index in [0.29, 0.717) is 4.83 Å². The summed E-state index contributed by atoms with van der Waals surface area (Å²) >= 11 is 10.9. The van der Waals surface area contributed by atoms with Gasteiger partial charge in [-0.2, -0.15) is 0 Å². The van der Waals surface area contributed by atoms with Crippen LogP contribution in [0.1, 0.15) is 29.7 Å². The van der Waals surface area contributed by atoms with E-state index in [2.05, 4.69) is 66.0 Å². The summed E-state index contributed by atoms with van der Waals surface area (Å²) in [5.74, 6) is 0.949. The SMILES string of the molecule is Brc1ccc(Br)c(C(Br)CC2CC2)c1. The van der Waals surface area contributed by atoms with Gasteiger partial charge in [0.2, 0.25) is 0 Å². The summed E-state index contributed by atoms with van der Waals surface area (Å²) in [6.07, 6.45) is 4.08. The van der Waals surface area contributed by atoms with Crippen LogP contribution in [-0.4, -0.2) is 0 Å². The second kappa shape index (κ2) is 4.67. The molecule has 0 heterocycles. The quantitative estimate of drug-likeness (QED) is 0.610. The van der Waals surface area contributed by atoms with E-state index in [1.54, 1.807) is 0 Å². The van der Waals surface area contributed by atoms with Gasteiger partial charge in [0.05, 0.1) is 0 Å². The fraction of sp³-hybridized carbons (Fsp3) is 0.455. The first-order valence-corrected chi connectivity index (χ1v) is 7.26. The molecule has 0 N–H and O–H groups in total. The van der Waals surface area contributed by atoms with E-state index in [1.807, 2.05) is 0 Å². The van der Waals surface area contributed by atoms with Crippen LogP contribution in [0.15, 0.2) is 27.1 Å². The van der Waals surface area contributed by atoms with Crippen molar-refractivity contribution in [3.8, 4) is 0 Å². The Morgan fingerprint density at radius 2 is 2.00 bits per heavy atom. The first-order valence-electron chi connectivity index (χ1n) is 4.76. The van der Waals surface area contributed by atoms with E-state index in [9.17, 15) is 0 Å². The first kappa shape index (κ1) is 11.2. The lowest BCUT2D eigenvalue weighted by atomic mass is 10.1. The lowest BCUT2D eigenvalue weighted by Gasteiger charge is -2.11. The Labute approximate surface area is 110 Å². The molecule has 0 spiro atoms. The molecule has 1 atom stereocenters. The number of benzene rings is 1. The van der Waals surface area contributed by atoms with Crippen LogP contribution >= 0.6 is 47.8 Å². The predicted molar refractivity (Wildman–Crippen MR) is 70.9 cm³/mol. The average molecular weight is 383 g/mol. The topological polar surface area (TPSA) is 0 Å². The normalized spacial score (nSPS) is 18.2. The summed E-state index contributed by atoms with van der Waals surface area (Å²) in [5, 5.41) is 0. The Bertz CT molecular complexity index is 331. The number of halogens is 3. The van der Waals surface area contributed by atoms with E-state index in [4.69, 9.17) is 0 Å². The highest BCUT2D eigenvalue weighted by Gasteiger charge is 2.25. The Hall–Kier alpha value is 0.660. The molecule has 2 rings (SSSR count). The smallest absolute Gasteiger partial charge is 0.0409 e. The summed E-state index contributed by atoms with van der Waals surface area (Å²) in [6, 6.07) is 6.34. The molecule has 3 heteroatoms. The van der Waals surface area contributed by atoms with Gasteiger partial charge in [-0.15, -0.1) is 0 Å². The molecule has 0 nitrogen and oxygen atoms in total.